The fraction of sp³-hybridized carbons (Fsp3) is 0.150. The second-order valence-electron chi connectivity index (χ2n) is 6.30. The van der Waals surface area contributed by atoms with Crippen LogP contribution < -0.4 is 9.64 Å². The van der Waals surface area contributed by atoms with Gasteiger partial charge in [0.05, 0.1) is 33.2 Å². The Kier molecular flexibility index (Phi) is 4.20. The molecule has 2 aromatic carbocycles. The van der Waals surface area contributed by atoms with Crippen molar-refractivity contribution in [3.63, 3.8) is 0 Å². The summed E-state index contributed by atoms with van der Waals surface area (Å²) in [5, 5.41) is 4.59. The Bertz CT molecular complexity index is 1040. The third-order valence-corrected chi connectivity index (χ3v) is 4.74. The number of imide groups is 1. The lowest BCUT2D eigenvalue weighted by Crippen LogP contribution is -2.29. The molecule has 1 aromatic heterocycles. The van der Waals surface area contributed by atoms with Gasteiger partial charge in [0.1, 0.15) is 12.4 Å². The third kappa shape index (κ3) is 2.98. The van der Waals surface area contributed by atoms with E-state index in [2.05, 4.69) is 5.10 Å². The summed E-state index contributed by atoms with van der Waals surface area (Å²) in [6.07, 6.45) is 0. The number of carbonyl (C=O) groups is 2. The standard InChI is InChI=1S/C20H16ClN3O3/c1-12-9-14(23(2)22-12)11-27-18-8-7-13(10-17(18)21)24-19(25)15-5-3-4-6-16(15)20(24)26/h3-10H,11H2,1-2H3. The summed E-state index contributed by atoms with van der Waals surface area (Å²) in [6, 6.07) is 13.6. The van der Waals surface area contributed by atoms with Crippen LogP contribution in [0.15, 0.2) is 48.5 Å². The highest BCUT2D eigenvalue weighted by Gasteiger charge is 2.36. The van der Waals surface area contributed by atoms with Crippen LogP contribution in [0.4, 0.5) is 5.69 Å². The minimum Gasteiger partial charge on any atom is -0.486 e. The average molecular weight is 382 g/mol. The van der Waals surface area contributed by atoms with Gasteiger partial charge in [-0.3, -0.25) is 14.3 Å². The molecule has 0 saturated carbocycles. The van der Waals surface area contributed by atoms with Crippen molar-refractivity contribution < 1.29 is 14.3 Å². The van der Waals surface area contributed by atoms with Crippen LogP contribution in [0.2, 0.25) is 5.02 Å². The number of aromatic nitrogens is 2. The molecule has 0 bridgehead atoms. The van der Waals surface area contributed by atoms with Crippen LogP contribution in [0.1, 0.15) is 32.1 Å². The molecule has 7 heteroatoms. The Morgan fingerprint density at radius 1 is 1.04 bits per heavy atom. The molecule has 0 N–H and O–H groups in total. The van der Waals surface area contributed by atoms with Crippen molar-refractivity contribution in [2.75, 3.05) is 4.90 Å². The number of amides is 2. The van der Waals surface area contributed by atoms with E-state index in [9.17, 15) is 9.59 Å². The number of fused-ring (bicyclic) bond motifs is 1. The number of halogens is 1. The van der Waals surface area contributed by atoms with Crippen LogP contribution >= 0.6 is 11.6 Å². The van der Waals surface area contributed by atoms with E-state index in [1.54, 1.807) is 47.1 Å². The largest absolute Gasteiger partial charge is 0.486 e. The van der Waals surface area contributed by atoms with E-state index in [0.717, 1.165) is 16.3 Å². The van der Waals surface area contributed by atoms with Gasteiger partial charge < -0.3 is 4.74 Å². The highest BCUT2D eigenvalue weighted by molar-refractivity contribution is 6.36. The van der Waals surface area contributed by atoms with Crippen LogP contribution in [-0.2, 0) is 13.7 Å². The summed E-state index contributed by atoms with van der Waals surface area (Å²) in [4.78, 5) is 26.3. The SMILES string of the molecule is Cc1cc(COc2ccc(N3C(=O)c4ccccc4C3=O)cc2Cl)n(C)n1. The molecular formula is C20H16ClN3O3. The van der Waals surface area contributed by atoms with Gasteiger partial charge in [0, 0.05) is 7.05 Å². The second-order valence-corrected chi connectivity index (χ2v) is 6.70. The first-order valence-electron chi connectivity index (χ1n) is 8.35. The lowest BCUT2D eigenvalue weighted by Gasteiger charge is -2.16. The van der Waals surface area contributed by atoms with Crippen LogP contribution in [0.3, 0.4) is 0 Å². The molecule has 2 amide bonds. The smallest absolute Gasteiger partial charge is 0.266 e. The molecule has 3 aromatic rings. The van der Waals surface area contributed by atoms with E-state index in [1.807, 2.05) is 20.0 Å². The maximum Gasteiger partial charge on any atom is 0.266 e. The first-order chi connectivity index (χ1) is 13.0. The number of aryl methyl sites for hydroxylation is 2. The first kappa shape index (κ1) is 17.3. The summed E-state index contributed by atoms with van der Waals surface area (Å²) in [7, 11) is 1.85. The highest BCUT2D eigenvalue weighted by Crippen LogP contribution is 2.34. The fourth-order valence-corrected chi connectivity index (χ4v) is 3.35. The van der Waals surface area contributed by atoms with Crippen LogP contribution in [-0.4, -0.2) is 21.6 Å². The number of benzene rings is 2. The number of rotatable bonds is 4. The number of hydrogen-bond acceptors (Lipinski definition) is 4. The van der Waals surface area contributed by atoms with E-state index in [1.165, 1.54) is 0 Å². The van der Waals surface area contributed by atoms with E-state index in [-0.39, 0.29) is 11.8 Å². The molecule has 0 unspecified atom stereocenters. The molecule has 136 valence electrons. The molecule has 4 rings (SSSR count). The van der Waals surface area contributed by atoms with Crippen molar-refractivity contribution in [1.82, 2.24) is 9.78 Å². The zero-order valence-corrected chi connectivity index (χ0v) is 15.5. The number of ether oxygens (including phenoxy) is 1. The van der Waals surface area contributed by atoms with Gasteiger partial charge in [0.2, 0.25) is 0 Å². The van der Waals surface area contributed by atoms with Gasteiger partial charge in [-0.05, 0) is 43.3 Å². The predicted molar refractivity (Wildman–Crippen MR) is 101 cm³/mol. The number of hydrogen-bond donors (Lipinski definition) is 0. The van der Waals surface area contributed by atoms with Crippen molar-refractivity contribution in [2.45, 2.75) is 13.5 Å². The summed E-state index contributed by atoms with van der Waals surface area (Å²) >= 11 is 6.33. The molecule has 27 heavy (non-hydrogen) atoms. The minimum absolute atomic E-state index is 0.309. The molecule has 0 radical (unpaired) electrons. The van der Waals surface area contributed by atoms with Crippen molar-refractivity contribution in [2.24, 2.45) is 7.05 Å². The van der Waals surface area contributed by atoms with Crippen molar-refractivity contribution in [1.29, 1.82) is 0 Å². The molecule has 6 nitrogen and oxygen atoms in total. The monoisotopic (exact) mass is 381 g/mol. The number of anilines is 1. The second kappa shape index (κ2) is 6.55. The highest BCUT2D eigenvalue weighted by atomic mass is 35.5. The van der Waals surface area contributed by atoms with Gasteiger partial charge in [-0.2, -0.15) is 5.10 Å². The first-order valence-corrected chi connectivity index (χ1v) is 8.73. The molecule has 0 aliphatic carbocycles. The van der Waals surface area contributed by atoms with Crippen molar-refractivity contribution in [3.05, 3.63) is 76.1 Å². The maximum absolute atomic E-state index is 12.6. The fourth-order valence-electron chi connectivity index (χ4n) is 3.12. The topological polar surface area (TPSA) is 64.4 Å². The molecule has 1 aliphatic rings. The van der Waals surface area contributed by atoms with Gasteiger partial charge >= 0.3 is 0 Å². The Morgan fingerprint density at radius 3 is 2.26 bits per heavy atom. The van der Waals surface area contributed by atoms with E-state index in [4.69, 9.17) is 16.3 Å². The minimum atomic E-state index is -0.356. The molecule has 2 heterocycles. The Balaban J connectivity index is 1.57. The van der Waals surface area contributed by atoms with Crippen molar-refractivity contribution >= 4 is 29.1 Å². The lowest BCUT2D eigenvalue weighted by molar-refractivity contribution is 0.0926. The van der Waals surface area contributed by atoms with Gasteiger partial charge in [-0.25, -0.2) is 4.90 Å². The molecular weight excluding hydrogens is 366 g/mol. The van der Waals surface area contributed by atoms with E-state index >= 15 is 0 Å². The van der Waals surface area contributed by atoms with Gasteiger partial charge in [-0.1, -0.05) is 23.7 Å². The van der Waals surface area contributed by atoms with Crippen molar-refractivity contribution in [3.8, 4) is 5.75 Å². The Labute approximate surface area is 160 Å². The summed E-state index contributed by atoms with van der Waals surface area (Å²) in [5.41, 5.74) is 3.02. The molecule has 1 aliphatic heterocycles. The van der Waals surface area contributed by atoms with Crippen LogP contribution in [0.5, 0.6) is 5.75 Å². The average Bonchev–Trinajstić information content (AvgIpc) is 3.10. The van der Waals surface area contributed by atoms with Gasteiger partial charge in [0.25, 0.3) is 11.8 Å². The molecule has 0 spiro atoms. The zero-order valence-electron chi connectivity index (χ0n) is 14.8. The molecule has 0 atom stereocenters. The van der Waals surface area contributed by atoms with Gasteiger partial charge in [0.15, 0.2) is 0 Å². The zero-order chi connectivity index (χ0) is 19.1. The number of carbonyl (C=O) groups excluding carboxylic acids is 2. The van der Waals surface area contributed by atoms with Crippen LogP contribution in [0.25, 0.3) is 0 Å². The summed E-state index contributed by atoms with van der Waals surface area (Å²) in [6.45, 7) is 2.22. The quantitative estimate of drug-likeness (QED) is 0.645. The number of nitrogens with zero attached hydrogens (tertiary/aromatic N) is 3. The van der Waals surface area contributed by atoms with Crippen LogP contribution in [0, 0.1) is 6.92 Å². The Hall–Kier alpha value is -3.12. The van der Waals surface area contributed by atoms with E-state index in [0.29, 0.717) is 34.2 Å². The summed E-state index contributed by atoms with van der Waals surface area (Å²) < 4.78 is 7.52. The predicted octanol–water partition coefficient (Wildman–Crippen LogP) is 3.76. The summed E-state index contributed by atoms with van der Waals surface area (Å²) in [5.74, 6) is -0.243. The maximum atomic E-state index is 12.6. The molecule has 0 saturated heterocycles. The lowest BCUT2D eigenvalue weighted by atomic mass is 10.1. The molecule has 0 fully saturated rings. The van der Waals surface area contributed by atoms with Gasteiger partial charge in [-0.15, -0.1) is 0 Å². The Morgan fingerprint density at radius 2 is 1.70 bits per heavy atom. The van der Waals surface area contributed by atoms with E-state index < -0.39 is 0 Å². The third-order valence-electron chi connectivity index (χ3n) is 4.44. The normalized spacial score (nSPS) is 13.2.